The molecule has 0 spiro atoms. The lowest BCUT2D eigenvalue weighted by Gasteiger charge is -2.01. The van der Waals surface area contributed by atoms with E-state index in [4.69, 9.17) is 5.84 Å². The monoisotopic (exact) mass is 192 g/mol. The fourth-order valence-electron chi connectivity index (χ4n) is 1.12. The van der Waals surface area contributed by atoms with Crippen LogP contribution in [0.4, 0.5) is 0 Å². The molecule has 4 nitrogen and oxygen atoms in total. The van der Waals surface area contributed by atoms with Gasteiger partial charge in [-0.3, -0.25) is 15.0 Å². The van der Waals surface area contributed by atoms with Crippen LogP contribution in [-0.2, 0) is 0 Å². The molecule has 1 amide bonds. The molecule has 0 aromatic heterocycles. The molecule has 0 atom stereocenters. The molecule has 4 heteroatoms. The molecule has 14 heavy (non-hydrogen) atoms. The molecule has 0 bridgehead atoms. The van der Waals surface area contributed by atoms with Gasteiger partial charge in [0.2, 0.25) is 0 Å². The molecule has 0 heterocycles. The number of ketones is 1. The van der Waals surface area contributed by atoms with Crippen LogP contribution in [0.1, 0.15) is 34.1 Å². The third-order valence-corrected chi connectivity index (χ3v) is 1.90. The number of carbonyl (C=O) groups excluding carboxylic acids is 2. The van der Waals surface area contributed by atoms with Crippen molar-refractivity contribution in [3.63, 3.8) is 0 Å². The van der Waals surface area contributed by atoms with E-state index in [0.717, 1.165) is 0 Å². The van der Waals surface area contributed by atoms with Gasteiger partial charge in [0.15, 0.2) is 5.78 Å². The van der Waals surface area contributed by atoms with Crippen molar-refractivity contribution in [1.82, 2.24) is 5.43 Å². The summed E-state index contributed by atoms with van der Waals surface area (Å²) < 4.78 is 0. The van der Waals surface area contributed by atoms with Gasteiger partial charge in [0.05, 0.1) is 0 Å². The van der Waals surface area contributed by atoms with Crippen molar-refractivity contribution < 1.29 is 9.59 Å². The highest BCUT2D eigenvalue weighted by Crippen LogP contribution is 2.07. The maximum Gasteiger partial charge on any atom is 0.265 e. The molecule has 0 aliphatic carbocycles. The van der Waals surface area contributed by atoms with Gasteiger partial charge >= 0.3 is 0 Å². The minimum absolute atomic E-state index is 0.0108. The maximum absolute atomic E-state index is 11.3. The number of amides is 1. The first-order valence-electron chi connectivity index (χ1n) is 4.33. The minimum atomic E-state index is -0.393. The summed E-state index contributed by atoms with van der Waals surface area (Å²) in [6, 6.07) is 6.48. The zero-order valence-electron chi connectivity index (χ0n) is 7.91. The fourth-order valence-corrected chi connectivity index (χ4v) is 1.12. The van der Waals surface area contributed by atoms with Crippen LogP contribution in [0.2, 0.25) is 0 Å². The minimum Gasteiger partial charge on any atom is -0.294 e. The van der Waals surface area contributed by atoms with Gasteiger partial charge in [0.25, 0.3) is 5.91 Å². The zero-order chi connectivity index (χ0) is 10.6. The van der Waals surface area contributed by atoms with E-state index in [1.165, 1.54) is 6.07 Å². The number of benzene rings is 1. The molecule has 74 valence electrons. The van der Waals surface area contributed by atoms with E-state index in [2.05, 4.69) is 0 Å². The highest BCUT2D eigenvalue weighted by atomic mass is 16.2. The van der Waals surface area contributed by atoms with Gasteiger partial charge in [-0.05, 0) is 12.1 Å². The molecule has 0 fully saturated rings. The number of Topliss-reactive ketones (excluding diaryl/α,β-unsaturated/α-hetero) is 1. The van der Waals surface area contributed by atoms with Gasteiger partial charge in [-0.1, -0.05) is 19.1 Å². The first-order valence-corrected chi connectivity index (χ1v) is 4.33. The Hall–Kier alpha value is -1.68. The van der Waals surface area contributed by atoms with E-state index in [1.807, 2.05) is 5.43 Å². The summed E-state index contributed by atoms with van der Waals surface area (Å²) in [5.74, 6) is 4.60. The average molecular weight is 192 g/mol. The third kappa shape index (κ3) is 2.17. The van der Waals surface area contributed by atoms with Crippen LogP contribution in [0, 0.1) is 0 Å². The molecule has 0 aliphatic heterocycles. The fraction of sp³-hybridized carbons (Fsp3) is 0.200. The van der Waals surface area contributed by atoms with Gasteiger partial charge < -0.3 is 0 Å². The van der Waals surface area contributed by atoms with Crippen LogP contribution in [0.15, 0.2) is 24.3 Å². The van der Waals surface area contributed by atoms with Crippen LogP contribution >= 0.6 is 0 Å². The van der Waals surface area contributed by atoms with Gasteiger partial charge in [0.1, 0.15) is 0 Å². The number of nitrogens with two attached hydrogens (primary N) is 1. The number of hydrogen-bond donors (Lipinski definition) is 2. The number of nitrogens with one attached hydrogen (secondary N) is 1. The molecule has 0 radical (unpaired) electrons. The summed E-state index contributed by atoms with van der Waals surface area (Å²) >= 11 is 0. The normalized spacial score (nSPS) is 9.57. The number of rotatable bonds is 3. The lowest BCUT2D eigenvalue weighted by molar-refractivity contribution is 0.0953. The Morgan fingerprint density at radius 1 is 1.36 bits per heavy atom. The predicted molar refractivity (Wildman–Crippen MR) is 52.7 cm³/mol. The van der Waals surface area contributed by atoms with E-state index in [0.29, 0.717) is 17.5 Å². The molecule has 0 saturated carbocycles. The van der Waals surface area contributed by atoms with E-state index < -0.39 is 5.91 Å². The summed E-state index contributed by atoms with van der Waals surface area (Å²) in [5, 5.41) is 0. The second-order valence-electron chi connectivity index (χ2n) is 2.83. The number of hydrazine groups is 1. The van der Waals surface area contributed by atoms with E-state index in [-0.39, 0.29) is 5.78 Å². The summed E-state index contributed by atoms with van der Waals surface area (Å²) in [6.45, 7) is 1.78. The molecular weight excluding hydrogens is 180 g/mol. The zero-order valence-corrected chi connectivity index (χ0v) is 7.91. The highest BCUT2D eigenvalue weighted by Gasteiger charge is 2.07. The summed E-state index contributed by atoms with van der Waals surface area (Å²) in [6.07, 6.45) is 0.424. The largest absolute Gasteiger partial charge is 0.294 e. The second kappa shape index (κ2) is 4.53. The topological polar surface area (TPSA) is 72.2 Å². The van der Waals surface area contributed by atoms with Crippen LogP contribution in [0.5, 0.6) is 0 Å². The van der Waals surface area contributed by atoms with Gasteiger partial charge in [-0.2, -0.15) is 0 Å². The highest BCUT2D eigenvalue weighted by molar-refractivity contribution is 6.00. The Bertz CT molecular complexity index is 330. The van der Waals surface area contributed by atoms with Crippen molar-refractivity contribution >= 4 is 11.7 Å². The third-order valence-electron chi connectivity index (χ3n) is 1.90. The first-order chi connectivity index (χ1) is 6.69. The standard InChI is InChI=1S/C10H12N2O2/c1-2-9(13)7-4-3-5-8(6-7)10(14)12-11/h3-6H,2,11H2,1H3,(H,12,14). The lowest BCUT2D eigenvalue weighted by Crippen LogP contribution is -2.30. The van der Waals surface area contributed by atoms with Crippen LogP contribution in [0.25, 0.3) is 0 Å². The van der Waals surface area contributed by atoms with Crippen LogP contribution in [-0.4, -0.2) is 11.7 Å². The number of nitrogen functional groups attached to an aromatic ring is 1. The number of hydrogen-bond acceptors (Lipinski definition) is 3. The Morgan fingerprint density at radius 3 is 2.57 bits per heavy atom. The predicted octanol–water partition coefficient (Wildman–Crippen LogP) is 0.883. The van der Waals surface area contributed by atoms with Gasteiger partial charge in [0, 0.05) is 17.5 Å². The number of carbonyl (C=O) groups is 2. The molecule has 3 N–H and O–H groups in total. The van der Waals surface area contributed by atoms with Crippen molar-refractivity contribution in [3.05, 3.63) is 35.4 Å². The Balaban J connectivity index is 3.01. The Kier molecular flexibility index (Phi) is 3.36. The molecule has 1 aromatic rings. The van der Waals surface area contributed by atoms with Crippen molar-refractivity contribution in [3.8, 4) is 0 Å². The molecule has 1 aromatic carbocycles. The molecule has 1 rings (SSSR count). The molecule has 0 unspecified atom stereocenters. The molecule has 0 aliphatic rings. The Morgan fingerprint density at radius 2 is 2.00 bits per heavy atom. The van der Waals surface area contributed by atoms with Crippen LogP contribution in [0.3, 0.4) is 0 Å². The maximum atomic E-state index is 11.3. The summed E-state index contributed by atoms with van der Waals surface area (Å²) in [7, 11) is 0. The Labute approximate surface area is 82.1 Å². The smallest absolute Gasteiger partial charge is 0.265 e. The quantitative estimate of drug-likeness (QED) is 0.323. The van der Waals surface area contributed by atoms with Crippen molar-refractivity contribution in [2.24, 2.45) is 5.84 Å². The summed E-state index contributed by atoms with van der Waals surface area (Å²) in [5.41, 5.74) is 2.95. The molecular formula is C10H12N2O2. The molecule has 0 saturated heterocycles. The summed E-state index contributed by atoms with van der Waals surface area (Å²) in [4.78, 5) is 22.4. The van der Waals surface area contributed by atoms with Crippen molar-refractivity contribution in [1.29, 1.82) is 0 Å². The lowest BCUT2D eigenvalue weighted by atomic mass is 10.1. The first kappa shape index (κ1) is 10.4. The average Bonchev–Trinajstić information content (AvgIpc) is 2.27. The van der Waals surface area contributed by atoms with Crippen molar-refractivity contribution in [2.75, 3.05) is 0 Å². The van der Waals surface area contributed by atoms with Gasteiger partial charge in [-0.25, -0.2) is 5.84 Å². The SMILES string of the molecule is CCC(=O)c1cccc(C(=O)NN)c1. The van der Waals surface area contributed by atoms with Gasteiger partial charge in [-0.15, -0.1) is 0 Å². The van der Waals surface area contributed by atoms with E-state index in [1.54, 1.807) is 25.1 Å². The van der Waals surface area contributed by atoms with E-state index in [9.17, 15) is 9.59 Å². The van der Waals surface area contributed by atoms with E-state index >= 15 is 0 Å². The van der Waals surface area contributed by atoms with Crippen molar-refractivity contribution in [2.45, 2.75) is 13.3 Å². The van der Waals surface area contributed by atoms with Crippen LogP contribution < -0.4 is 11.3 Å². The second-order valence-corrected chi connectivity index (χ2v) is 2.83.